The van der Waals surface area contributed by atoms with Crippen molar-refractivity contribution in [1.29, 1.82) is 0 Å². The predicted molar refractivity (Wildman–Crippen MR) is 56.0 cm³/mol. The summed E-state index contributed by atoms with van der Waals surface area (Å²) >= 11 is 0.872. The van der Waals surface area contributed by atoms with Crippen LogP contribution in [-0.4, -0.2) is 48.1 Å². The van der Waals surface area contributed by atoms with Crippen LogP contribution >= 0.6 is 11.3 Å². The molecule has 1 aliphatic rings. The summed E-state index contributed by atoms with van der Waals surface area (Å²) in [6, 6.07) is 1.13. The van der Waals surface area contributed by atoms with Crippen LogP contribution in [0.2, 0.25) is 0 Å². The van der Waals surface area contributed by atoms with Gasteiger partial charge in [-0.25, -0.2) is 13.2 Å². The van der Waals surface area contributed by atoms with Crippen LogP contribution in [0.4, 0.5) is 0 Å². The van der Waals surface area contributed by atoms with Crippen LogP contribution < -0.4 is 0 Å². The van der Waals surface area contributed by atoms with Crippen LogP contribution in [0.25, 0.3) is 0 Å². The van der Waals surface area contributed by atoms with Gasteiger partial charge in [0.05, 0.1) is 11.7 Å². The predicted octanol–water partition coefficient (Wildman–Crippen LogP) is -0.188. The highest BCUT2D eigenvalue weighted by molar-refractivity contribution is 7.91. The Labute approximate surface area is 95.8 Å². The van der Waals surface area contributed by atoms with E-state index in [4.69, 9.17) is 10.2 Å². The Morgan fingerprint density at radius 1 is 1.50 bits per heavy atom. The number of carbonyl (C=O) groups is 1. The minimum atomic E-state index is -3.62. The molecular weight excluding hydrogens is 254 g/mol. The molecule has 0 spiro atoms. The van der Waals surface area contributed by atoms with Gasteiger partial charge in [-0.3, -0.25) is 0 Å². The zero-order valence-corrected chi connectivity index (χ0v) is 9.66. The summed E-state index contributed by atoms with van der Waals surface area (Å²) < 4.78 is 24.8. The summed E-state index contributed by atoms with van der Waals surface area (Å²) in [5.41, 5.74) is -0.0374. The monoisotopic (exact) mass is 263 g/mol. The van der Waals surface area contributed by atoms with E-state index in [0.29, 0.717) is 0 Å². The molecule has 1 aromatic heterocycles. The maximum Gasteiger partial charge on any atom is 0.336 e. The Balaban J connectivity index is 2.26. The van der Waals surface area contributed by atoms with E-state index in [1.807, 2.05) is 0 Å². The second-order valence-corrected chi connectivity index (χ2v) is 6.51. The van der Waals surface area contributed by atoms with Gasteiger partial charge in [0.2, 0.25) is 0 Å². The van der Waals surface area contributed by atoms with Crippen molar-refractivity contribution in [2.24, 2.45) is 0 Å². The van der Waals surface area contributed by atoms with E-state index in [0.717, 1.165) is 21.7 Å². The number of sulfonamides is 1. The molecule has 1 fully saturated rings. The summed E-state index contributed by atoms with van der Waals surface area (Å²) in [5.74, 6) is -1.15. The zero-order valence-electron chi connectivity index (χ0n) is 8.03. The molecule has 2 N–H and O–H groups in total. The highest BCUT2D eigenvalue weighted by atomic mass is 32.2. The molecule has 88 valence electrons. The molecule has 2 rings (SSSR count). The van der Waals surface area contributed by atoms with Gasteiger partial charge in [-0.2, -0.15) is 4.31 Å². The van der Waals surface area contributed by atoms with Crippen LogP contribution in [0.15, 0.2) is 15.7 Å². The van der Waals surface area contributed by atoms with Gasteiger partial charge in [0.25, 0.3) is 10.0 Å². The molecule has 0 aliphatic carbocycles. The number of carboxylic acid groups (broad SMARTS) is 1. The Morgan fingerprint density at radius 2 is 2.12 bits per heavy atom. The molecule has 0 unspecified atom stereocenters. The number of nitrogens with zero attached hydrogens (tertiary/aromatic N) is 1. The van der Waals surface area contributed by atoms with Gasteiger partial charge in [0.1, 0.15) is 4.21 Å². The number of aliphatic hydroxyl groups excluding tert-OH is 1. The zero-order chi connectivity index (χ0) is 11.9. The lowest BCUT2D eigenvalue weighted by atomic mass is 10.2. The Hall–Kier alpha value is -0.960. The number of β-amino-alcohol motifs (C(OH)–C–C–N with tert-alkyl or cyclic N) is 1. The first-order chi connectivity index (χ1) is 7.41. The molecule has 0 atom stereocenters. The Bertz CT molecular complexity index is 514. The van der Waals surface area contributed by atoms with Gasteiger partial charge in [-0.05, 0) is 6.07 Å². The van der Waals surface area contributed by atoms with Crippen molar-refractivity contribution in [1.82, 2.24) is 4.31 Å². The Kier molecular flexibility index (Phi) is 2.74. The van der Waals surface area contributed by atoms with Crippen LogP contribution in [0.1, 0.15) is 10.4 Å². The average molecular weight is 263 g/mol. The molecule has 16 heavy (non-hydrogen) atoms. The lowest BCUT2D eigenvalue weighted by Crippen LogP contribution is -2.53. The van der Waals surface area contributed by atoms with E-state index in [1.165, 1.54) is 5.38 Å². The van der Waals surface area contributed by atoms with E-state index in [-0.39, 0.29) is 22.9 Å². The fraction of sp³-hybridized carbons (Fsp3) is 0.375. The number of carboxylic acids is 1. The fourth-order valence-corrected chi connectivity index (χ4v) is 4.13. The highest BCUT2D eigenvalue weighted by Gasteiger charge is 2.36. The van der Waals surface area contributed by atoms with Crippen LogP contribution in [0, 0.1) is 0 Å². The van der Waals surface area contributed by atoms with Crippen molar-refractivity contribution >= 4 is 27.3 Å². The maximum atomic E-state index is 11.8. The molecule has 0 bridgehead atoms. The SMILES string of the molecule is O=C(O)c1csc(S(=O)(=O)N2CC(O)C2)c1. The number of aliphatic hydroxyl groups is 1. The molecule has 1 aromatic rings. The highest BCUT2D eigenvalue weighted by Crippen LogP contribution is 2.26. The number of thiophene rings is 1. The third-order valence-corrected chi connectivity index (χ3v) is 5.49. The first-order valence-electron chi connectivity index (χ1n) is 4.41. The summed E-state index contributed by atoms with van der Waals surface area (Å²) in [6.45, 7) is 0.144. The average Bonchev–Trinajstić information content (AvgIpc) is 2.61. The molecular formula is C8H9NO5S2. The van der Waals surface area contributed by atoms with Crippen LogP contribution in [-0.2, 0) is 10.0 Å². The fourth-order valence-electron chi connectivity index (χ4n) is 1.30. The molecule has 0 amide bonds. The molecule has 1 aliphatic heterocycles. The van der Waals surface area contributed by atoms with Crippen molar-refractivity contribution in [3.63, 3.8) is 0 Å². The first kappa shape index (κ1) is 11.5. The summed E-state index contributed by atoms with van der Waals surface area (Å²) in [4.78, 5) is 10.6. The second-order valence-electron chi connectivity index (χ2n) is 3.44. The van der Waals surface area contributed by atoms with Gasteiger partial charge in [-0.15, -0.1) is 11.3 Å². The lowest BCUT2D eigenvalue weighted by Gasteiger charge is -2.33. The molecule has 1 saturated heterocycles. The van der Waals surface area contributed by atoms with Crippen molar-refractivity contribution in [3.8, 4) is 0 Å². The first-order valence-corrected chi connectivity index (χ1v) is 6.73. The van der Waals surface area contributed by atoms with Crippen LogP contribution in [0.3, 0.4) is 0 Å². The minimum absolute atomic E-state index is 0.00296. The number of rotatable bonds is 3. The van der Waals surface area contributed by atoms with E-state index in [9.17, 15) is 13.2 Å². The molecule has 2 heterocycles. The molecule has 0 saturated carbocycles. The molecule has 0 aromatic carbocycles. The standard InChI is InChI=1S/C8H9NO5S2/c10-6-2-9(3-6)16(13,14)7-1-5(4-15-7)8(11)12/h1,4,6,10H,2-3H2,(H,11,12). The minimum Gasteiger partial charge on any atom is -0.478 e. The smallest absolute Gasteiger partial charge is 0.336 e. The van der Waals surface area contributed by atoms with Crippen molar-refractivity contribution in [2.45, 2.75) is 10.3 Å². The van der Waals surface area contributed by atoms with Crippen molar-refractivity contribution < 1.29 is 23.4 Å². The van der Waals surface area contributed by atoms with Gasteiger partial charge in [0.15, 0.2) is 0 Å². The molecule has 8 heteroatoms. The molecule has 6 nitrogen and oxygen atoms in total. The van der Waals surface area contributed by atoms with Crippen molar-refractivity contribution in [3.05, 3.63) is 17.0 Å². The van der Waals surface area contributed by atoms with Gasteiger partial charge in [-0.1, -0.05) is 0 Å². The van der Waals surface area contributed by atoms with E-state index >= 15 is 0 Å². The maximum absolute atomic E-state index is 11.8. The third-order valence-electron chi connectivity index (χ3n) is 2.25. The van der Waals surface area contributed by atoms with E-state index < -0.39 is 22.1 Å². The van der Waals surface area contributed by atoms with Crippen LogP contribution in [0.5, 0.6) is 0 Å². The van der Waals surface area contributed by atoms with Gasteiger partial charge in [0, 0.05) is 18.5 Å². The van der Waals surface area contributed by atoms with E-state index in [2.05, 4.69) is 0 Å². The summed E-state index contributed by atoms with van der Waals surface area (Å²) in [5, 5.41) is 19.0. The quantitative estimate of drug-likeness (QED) is 0.788. The lowest BCUT2D eigenvalue weighted by molar-refractivity contribution is 0.0549. The van der Waals surface area contributed by atoms with Crippen molar-refractivity contribution in [2.75, 3.05) is 13.1 Å². The van der Waals surface area contributed by atoms with Gasteiger partial charge >= 0.3 is 5.97 Å². The number of hydrogen-bond acceptors (Lipinski definition) is 5. The number of hydrogen-bond donors (Lipinski definition) is 2. The van der Waals surface area contributed by atoms with Gasteiger partial charge < -0.3 is 10.2 Å². The third kappa shape index (κ3) is 1.84. The summed E-state index contributed by atoms with van der Waals surface area (Å²) in [6.07, 6.45) is -0.617. The number of aromatic carboxylic acids is 1. The van der Waals surface area contributed by atoms with E-state index in [1.54, 1.807) is 0 Å². The summed E-state index contributed by atoms with van der Waals surface area (Å²) in [7, 11) is -3.62. The topological polar surface area (TPSA) is 94.9 Å². The largest absolute Gasteiger partial charge is 0.478 e. The normalized spacial score (nSPS) is 18.3. The Morgan fingerprint density at radius 3 is 2.56 bits per heavy atom. The second kappa shape index (κ2) is 3.81. The molecule has 0 radical (unpaired) electrons.